The number of halogens is 3. The molecular weight excluding hydrogens is 233 g/mol. The molecule has 0 aliphatic carbocycles. The van der Waals surface area contributed by atoms with Gasteiger partial charge in [0.05, 0.1) is 5.56 Å². The third kappa shape index (κ3) is 1.79. The van der Waals surface area contributed by atoms with Gasteiger partial charge in [-0.2, -0.15) is 13.8 Å². The maximum absolute atomic E-state index is 13.5. The summed E-state index contributed by atoms with van der Waals surface area (Å²) < 4.78 is 39.4. The van der Waals surface area contributed by atoms with Gasteiger partial charge in [-0.25, -0.2) is 4.39 Å². The Hall–Kier alpha value is -1.85. The number of hydrogen-bond acceptors (Lipinski definition) is 2. The number of aromatic amines is 1. The van der Waals surface area contributed by atoms with E-state index in [4.69, 9.17) is 0 Å². The fourth-order valence-corrected chi connectivity index (χ4v) is 1.56. The Morgan fingerprint density at radius 2 is 1.88 bits per heavy atom. The van der Waals surface area contributed by atoms with Gasteiger partial charge >= 0.3 is 0 Å². The van der Waals surface area contributed by atoms with Crippen LogP contribution in [0, 0.1) is 17.6 Å². The number of H-pyrrole nitrogens is 1. The molecule has 0 radical (unpaired) electrons. The number of nitrogens with one attached hydrogen (secondary N) is 1. The predicted octanol–water partition coefficient (Wildman–Crippen LogP) is 2.42. The van der Waals surface area contributed by atoms with E-state index in [9.17, 15) is 18.0 Å². The normalized spacial score (nSPS) is 11.4. The second kappa shape index (κ2) is 3.87. The first-order chi connectivity index (χ1) is 7.91. The van der Waals surface area contributed by atoms with Gasteiger partial charge < -0.3 is 4.98 Å². The highest BCUT2D eigenvalue weighted by atomic mass is 19.2. The van der Waals surface area contributed by atoms with Crippen LogP contribution >= 0.6 is 0 Å². The van der Waals surface area contributed by atoms with Gasteiger partial charge in [0, 0.05) is 5.56 Å². The van der Waals surface area contributed by atoms with Gasteiger partial charge in [-0.1, -0.05) is 13.8 Å². The van der Waals surface area contributed by atoms with Crippen LogP contribution in [0.15, 0.2) is 10.9 Å². The highest BCUT2D eigenvalue weighted by Crippen LogP contribution is 2.25. The Labute approximate surface area is 94.7 Å². The third-order valence-corrected chi connectivity index (χ3v) is 2.49. The summed E-state index contributed by atoms with van der Waals surface area (Å²) >= 11 is 0. The maximum atomic E-state index is 13.5. The molecule has 90 valence electrons. The zero-order valence-corrected chi connectivity index (χ0v) is 9.14. The van der Waals surface area contributed by atoms with Crippen molar-refractivity contribution in [1.29, 1.82) is 0 Å². The monoisotopic (exact) mass is 242 g/mol. The summed E-state index contributed by atoms with van der Waals surface area (Å²) in [5.74, 6) is -4.89. The summed E-state index contributed by atoms with van der Waals surface area (Å²) in [5.41, 5.74) is -0.544. The molecule has 1 N–H and O–H groups in total. The Morgan fingerprint density at radius 1 is 1.24 bits per heavy atom. The van der Waals surface area contributed by atoms with Gasteiger partial charge in [-0.3, -0.25) is 4.79 Å². The molecule has 0 unspecified atom stereocenters. The summed E-state index contributed by atoms with van der Waals surface area (Å²) in [7, 11) is 0. The number of fused-ring (bicyclic) bond motifs is 1. The Balaban J connectivity index is 2.86. The minimum absolute atomic E-state index is 0.174. The molecule has 0 saturated heterocycles. The number of aromatic nitrogens is 2. The van der Waals surface area contributed by atoms with Gasteiger partial charge in [-0.05, 0) is 12.0 Å². The van der Waals surface area contributed by atoms with Crippen LogP contribution in [0.5, 0.6) is 0 Å². The lowest BCUT2D eigenvalue weighted by atomic mass is 10.0. The summed E-state index contributed by atoms with van der Waals surface area (Å²) in [5, 5.41) is 0. The quantitative estimate of drug-likeness (QED) is 0.780. The molecule has 6 heteroatoms. The maximum Gasteiger partial charge on any atom is 0.275 e. The smallest absolute Gasteiger partial charge is 0.275 e. The number of hydrogen-bond donors (Lipinski definition) is 1. The molecular formula is C11H9F3N2O. The van der Waals surface area contributed by atoms with Crippen LogP contribution in [0.1, 0.15) is 25.3 Å². The van der Waals surface area contributed by atoms with Crippen molar-refractivity contribution >= 4 is 0 Å². The highest BCUT2D eigenvalue weighted by molar-refractivity contribution is 5.58. The lowest BCUT2D eigenvalue weighted by Crippen LogP contribution is -2.18. The van der Waals surface area contributed by atoms with Crippen molar-refractivity contribution in [1.82, 2.24) is 9.97 Å². The van der Waals surface area contributed by atoms with Gasteiger partial charge in [0.15, 0.2) is 5.82 Å². The van der Waals surface area contributed by atoms with Gasteiger partial charge in [0.2, 0.25) is 11.8 Å². The molecule has 2 heterocycles. The molecule has 0 spiro atoms. The molecule has 2 rings (SSSR count). The van der Waals surface area contributed by atoms with Crippen LogP contribution in [0.2, 0.25) is 0 Å². The molecule has 0 bridgehead atoms. The van der Waals surface area contributed by atoms with E-state index in [0.717, 1.165) is 0 Å². The Morgan fingerprint density at radius 3 is 2.47 bits per heavy atom. The lowest BCUT2D eigenvalue weighted by molar-refractivity contribution is 0.427. The SMILES string of the molecule is CC(C)c1cc2c(F)c(F)c(F)[nH]c-2nc1=O. The summed E-state index contributed by atoms with van der Waals surface area (Å²) in [4.78, 5) is 16.9. The fraction of sp³-hybridized carbons (Fsp3) is 0.273. The molecule has 2 aliphatic heterocycles. The van der Waals surface area contributed by atoms with Crippen LogP contribution in [-0.2, 0) is 0 Å². The average molecular weight is 242 g/mol. The lowest BCUT2D eigenvalue weighted by Gasteiger charge is -2.10. The summed E-state index contributed by atoms with van der Waals surface area (Å²) in [6, 6.07) is 1.20. The van der Waals surface area contributed by atoms with E-state index in [0.29, 0.717) is 0 Å². The molecule has 0 aromatic heterocycles. The highest BCUT2D eigenvalue weighted by Gasteiger charge is 2.21. The first kappa shape index (κ1) is 11.6. The van der Waals surface area contributed by atoms with E-state index in [-0.39, 0.29) is 22.9 Å². The van der Waals surface area contributed by atoms with Crippen molar-refractivity contribution in [2.75, 3.05) is 0 Å². The third-order valence-electron chi connectivity index (χ3n) is 2.49. The zero-order chi connectivity index (χ0) is 12.7. The standard InChI is InChI=1S/C11H9F3N2O/c1-4(2)5-3-6-7(12)8(13)9(14)15-10(6)16-11(5)17/h3-4H,1-2H3,(H,15,16,17). The van der Waals surface area contributed by atoms with E-state index >= 15 is 0 Å². The van der Waals surface area contributed by atoms with E-state index in [1.807, 2.05) is 4.98 Å². The second-order valence-corrected chi connectivity index (χ2v) is 4.00. The molecule has 0 fully saturated rings. The molecule has 0 atom stereocenters. The molecule has 0 aromatic rings. The van der Waals surface area contributed by atoms with Crippen molar-refractivity contribution in [3.05, 3.63) is 39.6 Å². The topological polar surface area (TPSA) is 45.8 Å². The van der Waals surface area contributed by atoms with Crippen LogP contribution < -0.4 is 5.56 Å². The zero-order valence-electron chi connectivity index (χ0n) is 9.14. The Bertz CT molecular complexity index is 607. The van der Waals surface area contributed by atoms with Crippen LogP contribution in [0.25, 0.3) is 11.4 Å². The molecule has 2 aliphatic rings. The summed E-state index contributed by atoms with van der Waals surface area (Å²) in [6.45, 7) is 3.46. The van der Waals surface area contributed by atoms with E-state index in [1.54, 1.807) is 13.8 Å². The van der Waals surface area contributed by atoms with E-state index < -0.39 is 23.1 Å². The van der Waals surface area contributed by atoms with Gasteiger partial charge in [0.1, 0.15) is 5.82 Å². The second-order valence-electron chi connectivity index (χ2n) is 4.00. The predicted molar refractivity (Wildman–Crippen MR) is 55.4 cm³/mol. The molecule has 17 heavy (non-hydrogen) atoms. The molecule has 0 aromatic carbocycles. The van der Waals surface area contributed by atoms with Crippen molar-refractivity contribution in [3.63, 3.8) is 0 Å². The number of pyridine rings is 2. The van der Waals surface area contributed by atoms with Gasteiger partial charge in [0.25, 0.3) is 5.56 Å². The first-order valence-corrected chi connectivity index (χ1v) is 4.99. The van der Waals surface area contributed by atoms with Crippen molar-refractivity contribution in [2.24, 2.45) is 0 Å². The minimum Gasteiger partial charge on any atom is -0.313 e. The molecule has 0 saturated carbocycles. The van der Waals surface area contributed by atoms with Crippen LogP contribution in [0.3, 0.4) is 0 Å². The van der Waals surface area contributed by atoms with Crippen LogP contribution in [0.4, 0.5) is 13.2 Å². The van der Waals surface area contributed by atoms with E-state index in [1.165, 1.54) is 6.07 Å². The first-order valence-electron chi connectivity index (χ1n) is 4.99. The van der Waals surface area contributed by atoms with E-state index in [2.05, 4.69) is 4.98 Å². The Kier molecular flexibility index (Phi) is 2.65. The largest absolute Gasteiger partial charge is 0.313 e. The molecule has 3 nitrogen and oxygen atoms in total. The van der Waals surface area contributed by atoms with Gasteiger partial charge in [-0.15, -0.1) is 0 Å². The average Bonchev–Trinajstić information content (AvgIpc) is 2.25. The fourth-order valence-electron chi connectivity index (χ4n) is 1.56. The van der Waals surface area contributed by atoms with Crippen molar-refractivity contribution in [3.8, 4) is 11.4 Å². The van der Waals surface area contributed by atoms with Crippen molar-refractivity contribution < 1.29 is 13.2 Å². The van der Waals surface area contributed by atoms with Crippen LogP contribution in [-0.4, -0.2) is 9.97 Å². The van der Waals surface area contributed by atoms with Crippen molar-refractivity contribution in [2.45, 2.75) is 19.8 Å². The minimum atomic E-state index is -1.60. The number of rotatable bonds is 1. The summed E-state index contributed by atoms with van der Waals surface area (Å²) in [6.07, 6.45) is 0. The number of nitrogens with zero attached hydrogens (tertiary/aromatic N) is 1. The molecule has 0 amide bonds.